The van der Waals surface area contributed by atoms with Crippen LogP contribution in [0.3, 0.4) is 0 Å². The summed E-state index contributed by atoms with van der Waals surface area (Å²) in [5, 5.41) is 13.2. The molecule has 1 aliphatic rings. The van der Waals surface area contributed by atoms with Crippen LogP contribution in [-0.4, -0.2) is 27.1 Å². The van der Waals surface area contributed by atoms with Crippen molar-refractivity contribution in [3.05, 3.63) is 35.8 Å². The van der Waals surface area contributed by atoms with Crippen LogP contribution in [0, 0.1) is 12.8 Å². The van der Waals surface area contributed by atoms with E-state index < -0.39 is 0 Å². The maximum Gasteiger partial charge on any atom is 0.136 e. The van der Waals surface area contributed by atoms with Gasteiger partial charge < -0.3 is 14.8 Å². The number of rotatable bonds is 4. The average molecular weight is 273 g/mol. The summed E-state index contributed by atoms with van der Waals surface area (Å²) < 4.78 is 2.15. The molecule has 4 heteroatoms. The fraction of sp³-hybridized carbons (Fsp3) is 0.562. The molecule has 1 saturated carbocycles. The summed E-state index contributed by atoms with van der Waals surface area (Å²) in [6.07, 6.45) is 8.29. The van der Waals surface area contributed by atoms with E-state index in [-0.39, 0.29) is 6.10 Å². The smallest absolute Gasteiger partial charge is 0.136 e. The zero-order chi connectivity index (χ0) is 13.9. The van der Waals surface area contributed by atoms with Gasteiger partial charge in [-0.3, -0.25) is 0 Å². The number of aliphatic hydroxyl groups is 1. The van der Waals surface area contributed by atoms with E-state index in [2.05, 4.69) is 40.0 Å². The molecular weight excluding hydrogens is 250 g/mol. The third kappa shape index (κ3) is 3.02. The molecule has 0 aromatic carbocycles. The highest BCUT2D eigenvalue weighted by Crippen LogP contribution is 2.23. The van der Waals surface area contributed by atoms with Crippen molar-refractivity contribution in [2.45, 2.75) is 45.3 Å². The molecule has 2 heterocycles. The predicted molar refractivity (Wildman–Crippen MR) is 79.6 cm³/mol. The van der Waals surface area contributed by atoms with E-state index in [0.717, 1.165) is 38.0 Å². The van der Waals surface area contributed by atoms with Crippen LogP contribution in [0.4, 0.5) is 0 Å². The minimum Gasteiger partial charge on any atom is -0.393 e. The molecule has 2 aromatic rings. The molecule has 0 bridgehead atoms. The van der Waals surface area contributed by atoms with E-state index in [1.807, 2.05) is 6.20 Å². The normalized spacial score (nSPS) is 23.3. The van der Waals surface area contributed by atoms with Crippen LogP contribution in [-0.2, 0) is 6.54 Å². The molecule has 0 saturated heterocycles. The second-order valence-corrected chi connectivity index (χ2v) is 6.00. The Morgan fingerprint density at radius 1 is 1.40 bits per heavy atom. The largest absolute Gasteiger partial charge is 0.393 e. The van der Waals surface area contributed by atoms with Crippen LogP contribution in [0.1, 0.15) is 36.9 Å². The average Bonchev–Trinajstić information content (AvgIpc) is 2.82. The molecule has 0 radical (unpaired) electrons. The highest BCUT2D eigenvalue weighted by Gasteiger charge is 2.19. The Morgan fingerprint density at radius 2 is 2.30 bits per heavy atom. The van der Waals surface area contributed by atoms with Crippen molar-refractivity contribution in [2.24, 2.45) is 5.92 Å². The number of aliphatic hydroxyl groups excluding tert-OH is 1. The molecule has 2 unspecified atom stereocenters. The standard InChI is InChI=1S/C16H23N3O/c1-12-5-6-16-18-10-14(19(16)11-12)9-17-8-13-3-2-4-15(20)7-13/h5-6,10-11,13,15,17,20H,2-4,7-9H2,1H3. The molecule has 0 aliphatic heterocycles. The van der Waals surface area contributed by atoms with Crippen LogP contribution in [0.15, 0.2) is 24.5 Å². The molecule has 1 aliphatic carbocycles. The topological polar surface area (TPSA) is 49.6 Å². The summed E-state index contributed by atoms with van der Waals surface area (Å²) in [6, 6.07) is 4.14. The summed E-state index contributed by atoms with van der Waals surface area (Å²) in [6.45, 7) is 3.91. The van der Waals surface area contributed by atoms with Gasteiger partial charge in [0.1, 0.15) is 5.65 Å². The lowest BCUT2D eigenvalue weighted by atomic mass is 9.87. The number of pyridine rings is 1. The van der Waals surface area contributed by atoms with Crippen molar-refractivity contribution in [3.8, 4) is 0 Å². The number of imidazole rings is 1. The number of aryl methyl sites for hydroxylation is 1. The molecule has 108 valence electrons. The Kier molecular flexibility index (Phi) is 4.03. The van der Waals surface area contributed by atoms with E-state index in [4.69, 9.17) is 0 Å². The van der Waals surface area contributed by atoms with Crippen molar-refractivity contribution >= 4 is 5.65 Å². The molecule has 0 amide bonds. The lowest BCUT2D eigenvalue weighted by Crippen LogP contribution is -2.29. The van der Waals surface area contributed by atoms with Crippen LogP contribution in [0.5, 0.6) is 0 Å². The van der Waals surface area contributed by atoms with Gasteiger partial charge in [-0.1, -0.05) is 12.5 Å². The Bertz CT molecular complexity index is 578. The maximum atomic E-state index is 9.69. The van der Waals surface area contributed by atoms with Gasteiger partial charge in [-0.25, -0.2) is 4.98 Å². The SMILES string of the molecule is Cc1ccc2ncc(CNCC3CCCC(O)C3)n2c1. The van der Waals surface area contributed by atoms with E-state index in [1.54, 1.807) is 0 Å². The fourth-order valence-electron chi connectivity index (χ4n) is 3.12. The van der Waals surface area contributed by atoms with Gasteiger partial charge >= 0.3 is 0 Å². The van der Waals surface area contributed by atoms with E-state index in [1.165, 1.54) is 17.7 Å². The quantitative estimate of drug-likeness (QED) is 0.898. The predicted octanol–water partition coefficient (Wildman–Crippen LogP) is 2.28. The van der Waals surface area contributed by atoms with Crippen LogP contribution in [0.2, 0.25) is 0 Å². The number of hydrogen-bond donors (Lipinski definition) is 2. The van der Waals surface area contributed by atoms with Crippen LogP contribution in [0.25, 0.3) is 5.65 Å². The molecule has 4 nitrogen and oxygen atoms in total. The van der Waals surface area contributed by atoms with Gasteiger partial charge in [0, 0.05) is 12.7 Å². The summed E-state index contributed by atoms with van der Waals surface area (Å²) >= 11 is 0. The zero-order valence-electron chi connectivity index (χ0n) is 12.0. The van der Waals surface area contributed by atoms with Gasteiger partial charge in [0.25, 0.3) is 0 Å². The number of nitrogens with zero attached hydrogens (tertiary/aromatic N) is 2. The fourth-order valence-corrected chi connectivity index (χ4v) is 3.12. The zero-order valence-corrected chi connectivity index (χ0v) is 12.0. The third-order valence-electron chi connectivity index (χ3n) is 4.22. The number of fused-ring (bicyclic) bond motifs is 1. The first-order valence-electron chi connectivity index (χ1n) is 7.54. The first-order chi connectivity index (χ1) is 9.72. The van der Waals surface area contributed by atoms with Gasteiger partial charge in [0.05, 0.1) is 18.0 Å². The lowest BCUT2D eigenvalue weighted by molar-refractivity contribution is 0.101. The first kappa shape index (κ1) is 13.6. The minimum absolute atomic E-state index is 0.0889. The molecule has 2 atom stereocenters. The molecule has 1 fully saturated rings. The first-order valence-corrected chi connectivity index (χ1v) is 7.54. The summed E-state index contributed by atoms with van der Waals surface area (Å²) in [4.78, 5) is 4.42. The van der Waals surface area contributed by atoms with Gasteiger partial charge in [-0.05, 0) is 50.3 Å². The Labute approximate surface area is 119 Å². The highest BCUT2D eigenvalue weighted by atomic mass is 16.3. The van der Waals surface area contributed by atoms with Crippen molar-refractivity contribution in [2.75, 3.05) is 6.54 Å². The Hall–Kier alpha value is -1.39. The van der Waals surface area contributed by atoms with Crippen molar-refractivity contribution in [1.29, 1.82) is 0 Å². The van der Waals surface area contributed by atoms with Crippen LogP contribution >= 0.6 is 0 Å². The Balaban J connectivity index is 1.58. The molecule has 2 N–H and O–H groups in total. The second-order valence-electron chi connectivity index (χ2n) is 6.00. The lowest BCUT2D eigenvalue weighted by Gasteiger charge is -2.25. The third-order valence-corrected chi connectivity index (χ3v) is 4.22. The number of aromatic nitrogens is 2. The molecule has 2 aromatic heterocycles. The van der Waals surface area contributed by atoms with E-state index >= 15 is 0 Å². The van der Waals surface area contributed by atoms with Crippen molar-refractivity contribution in [3.63, 3.8) is 0 Å². The van der Waals surface area contributed by atoms with E-state index in [0.29, 0.717) is 5.92 Å². The second kappa shape index (κ2) is 5.94. The summed E-state index contributed by atoms with van der Waals surface area (Å²) in [5.41, 5.74) is 3.44. The van der Waals surface area contributed by atoms with Crippen LogP contribution < -0.4 is 5.32 Å². The summed E-state index contributed by atoms with van der Waals surface area (Å²) in [7, 11) is 0. The minimum atomic E-state index is -0.0889. The van der Waals surface area contributed by atoms with Crippen molar-refractivity contribution in [1.82, 2.24) is 14.7 Å². The summed E-state index contributed by atoms with van der Waals surface area (Å²) in [5.74, 6) is 0.611. The van der Waals surface area contributed by atoms with Gasteiger partial charge in [-0.15, -0.1) is 0 Å². The molecular formula is C16H23N3O. The number of hydrogen-bond acceptors (Lipinski definition) is 3. The van der Waals surface area contributed by atoms with Gasteiger partial charge in [-0.2, -0.15) is 0 Å². The van der Waals surface area contributed by atoms with Gasteiger partial charge in [0.15, 0.2) is 0 Å². The highest BCUT2D eigenvalue weighted by molar-refractivity contribution is 5.41. The monoisotopic (exact) mass is 273 g/mol. The van der Waals surface area contributed by atoms with Crippen molar-refractivity contribution < 1.29 is 5.11 Å². The number of nitrogens with one attached hydrogen (secondary N) is 1. The molecule has 20 heavy (non-hydrogen) atoms. The molecule has 3 rings (SSSR count). The van der Waals surface area contributed by atoms with E-state index in [9.17, 15) is 5.11 Å². The Morgan fingerprint density at radius 3 is 3.15 bits per heavy atom. The van der Waals surface area contributed by atoms with Gasteiger partial charge in [0.2, 0.25) is 0 Å². The maximum absolute atomic E-state index is 9.69. The molecule has 0 spiro atoms.